The van der Waals surface area contributed by atoms with Crippen LogP contribution in [0.1, 0.15) is 44.9 Å². The van der Waals surface area contributed by atoms with Gasteiger partial charge in [0.15, 0.2) is 0 Å². The van der Waals surface area contributed by atoms with Gasteiger partial charge in [-0.3, -0.25) is 4.79 Å². The van der Waals surface area contributed by atoms with Crippen molar-refractivity contribution in [3.8, 4) is 0 Å². The van der Waals surface area contributed by atoms with Crippen molar-refractivity contribution in [3.05, 3.63) is 0 Å². The number of aliphatic carboxylic acids is 1. The van der Waals surface area contributed by atoms with Crippen LogP contribution in [0.25, 0.3) is 0 Å². The third-order valence-electron chi connectivity index (χ3n) is 3.87. The van der Waals surface area contributed by atoms with E-state index >= 15 is 0 Å². The molecule has 0 radical (unpaired) electrons. The van der Waals surface area contributed by atoms with Gasteiger partial charge in [-0.25, -0.2) is 0 Å². The number of carbonyl (C=O) groups is 1. The molecule has 0 aliphatic carbocycles. The summed E-state index contributed by atoms with van der Waals surface area (Å²) in [5.74, 6) is -0.781. The van der Waals surface area contributed by atoms with E-state index in [1.165, 1.54) is 0 Å². The van der Waals surface area contributed by atoms with Crippen molar-refractivity contribution >= 4 is 5.97 Å². The lowest BCUT2D eigenvalue weighted by Gasteiger charge is -2.40. The number of aliphatic hydroxyl groups excluding tert-OH is 4. The zero-order valence-electron chi connectivity index (χ0n) is 12.1. The largest absolute Gasteiger partial charge is 0.481 e. The number of ether oxygens (including phenoxy) is 1. The number of carboxylic acid groups (broad SMARTS) is 1. The van der Waals surface area contributed by atoms with Gasteiger partial charge < -0.3 is 30.3 Å². The van der Waals surface area contributed by atoms with Gasteiger partial charge in [0.1, 0.15) is 24.4 Å². The van der Waals surface area contributed by atoms with Gasteiger partial charge in [-0.05, 0) is 12.8 Å². The first-order valence-corrected chi connectivity index (χ1v) is 7.49. The minimum absolute atomic E-state index is 0.187. The van der Waals surface area contributed by atoms with E-state index in [4.69, 9.17) is 14.9 Å². The number of aliphatic hydroxyl groups is 4. The van der Waals surface area contributed by atoms with E-state index in [0.29, 0.717) is 12.8 Å². The van der Waals surface area contributed by atoms with Gasteiger partial charge in [-0.2, -0.15) is 0 Å². The molecule has 0 aromatic heterocycles. The van der Waals surface area contributed by atoms with Gasteiger partial charge in [0.25, 0.3) is 0 Å². The number of rotatable bonds is 9. The third kappa shape index (κ3) is 5.88. The molecule has 1 heterocycles. The number of hydrogen-bond acceptors (Lipinski definition) is 6. The second-order valence-electron chi connectivity index (χ2n) is 5.57. The van der Waals surface area contributed by atoms with Crippen LogP contribution in [0.5, 0.6) is 0 Å². The Morgan fingerprint density at radius 3 is 2.05 bits per heavy atom. The minimum Gasteiger partial charge on any atom is -0.481 e. The van der Waals surface area contributed by atoms with Crippen molar-refractivity contribution in [1.82, 2.24) is 0 Å². The monoisotopic (exact) mass is 306 g/mol. The van der Waals surface area contributed by atoms with Crippen molar-refractivity contribution in [2.75, 3.05) is 6.61 Å². The van der Waals surface area contributed by atoms with E-state index in [0.717, 1.165) is 25.7 Å². The summed E-state index contributed by atoms with van der Waals surface area (Å²) in [6.45, 7) is -0.406. The molecule has 5 N–H and O–H groups in total. The van der Waals surface area contributed by atoms with Crippen LogP contribution in [0.3, 0.4) is 0 Å². The van der Waals surface area contributed by atoms with E-state index in [1.807, 2.05) is 0 Å². The van der Waals surface area contributed by atoms with Gasteiger partial charge in [0.05, 0.1) is 12.7 Å². The first-order valence-electron chi connectivity index (χ1n) is 7.49. The molecule has 7 nitrogen and oxygen atoms in total. The molecule has 1 saturated heterocycles. The summed E-state index contributed by atoms with van der Waals surface area (Å²) in [7, 11) is 0. The number of carboxylic acids is 1. The molecule has 7 heteroatoms. The number of hydrogen-bond donors (Lipinski definition) is 5. The van der Waals surface area contributed by atoms with Crippen LogP contribution in [-0.2, 0) is 9.53 Å². The van der Waals surface area contributed by atoms with Gasteiger partial charge >= 0.3 is 5.97 Å². The summed E-state index contributed by atoms with van der Waals surface area (Å²) in [5, 5.41) is 46.7. The Morgan fingerprint density at radius 1 is 0.857 bits per heavy atom. The molecular formula is C14H26O7. The quantitative estimate of drug-likeness (QED) is 0.368. The fraction of sp³-hybridized carbons (Fsp3) is 0.929. The summed E-state index contributed by atoms with van der Waals surface area (Å²) in [5.41, 5.74) is 0. The molecule has 1 aliphatic rings. The topological polar surface area (TPSA) is 127 Å². The molecule has 0 spiro atoms. The Bertz CT molecular complexity index is 308. The van der Waals surface area contributed by atoms with Crippen molar-refractivity contribution in [2.24, 2.45) is 0 Å². The van der Waals surface area contributed by atoms with Gasteiger partial charge in [-0.1, -0.05) is 25.7 Å². The highest BCUT2D eigenvalue weighted by Crippen LogP contribution is 2.24. The van der Waals surface area contributed by atoms with Crippen molar-refractivity contribution in [1.29, 1.82) is 0 Å². The minimum atomic E-state index is -1.31. The Kier molecular flexibility index (Phi) is 8.13. The summed E-state index contributed by atoms with van der Waals surface area (Å²) < 4.78 is 5.40. The van der Waals surface area contributed by atoms with E-state index < -0.39 is 43.1 Å². The normalized spacial score (nSPS) is 33.0. The van der Waals surface area contributed by atoms with Crippen LogP contribution in [0.4, 0.5) is 0 Å². The Morgan fingerprint density at radius 2 is 1.43 bits per heavy atom. The summed E-state index contributed by atoms with van der Waals surface area (Å²) in [6.07, 6.45) is -0.425. The maximum absolute atomic E-state index is 10.3. The smallest absolute Gasteiger partial charge is 0.303 e. The average Bonchev–Trinajstić information content (AvgIpc) is 2.45. The molecule has 21 heavy (non-hydrogen) atoms. The van der Waals surface area contributed by atoms with Gasteiger partial charge in [0, 0.05) is 6.42 Å². The third-order valence-corrected chi connectivity index (χ3v) is 3.87. The van der Waals surface area contributed by atoms with Crippen LogP contribution in [-0.4, -0.2) is 68.6 Å². The van der Waals surface area contributed by atoms with E-state index in [9.17, 15) is 20.1 Å². The first-order chi connectivity index (χ1) is 9.97. The fourth-order valence-electron chi connectivity index (χ4n) is 2.57. The molecule has 5 atom stereocenters. The molecule has 0 bridgehead atoms. The van der Waals surface area contributed by atoms with Crippen molar-refractivity contribution in [3.63, 3.8) is 0 Å². The predicted octanol–water partition coefficient (Wildman–Crippen LogP) is -0.356. The lowest BCUT2D eigenvalue weighted by Crippen LogP contribution is -2.58. The summed E-state index contributed by atoms with van der Waals surface area (Å²) >= 11 is 0. The van der Waals surface area contributed by atoms with Crippen molar-refractivity contribution in [2.45, 2.75) is 75.5 Å². The summed E-state index contributed by atoms with van der Waals surface area (Å²) in [6, 6.07) is 0. The van der Waals surface area contributed by atoms with Crippen LogP contribution in [0, 0.1) is 0 Å². The molecule has 1 rings (SSSR count). The molecule has 0 aromatic rings. The molecular weight excluding hydrogens is 280 g/mol. The second-order valence-corrected chi connectivity index (χ2v) is 5.57. The molecule has 0 aromatic carbocycles. The van der Waals surface area contributed by atoms with Crippen LogP contribution >= 0.6 is 0 Å². The van der Waals surface area contributed by atoms with Crippen LogP contribution in [0.2, 0.25) is 0 Å². The standard InChI is InChI=1S/C14H26O7/c15-8-10-13(19)14(20)12(18)9(21-10)6-4-2-1-3-5-7-11(16)17/h9-10,12-15,18-20H,1-8H2,(H,16,17)/t9?,10-,12+,13-,14-/m1/s1. The Balaban J connectivity index is 2.20. The lowest BCUT2D eigenvalue weighted by molar-refractivity contribution is -0.230. The highest BCUT2D eigenvalue weighted by Gasteiger charge is 2.42. The predicted molar refractivity (Wildman–Crippen MR) is 73.7 cm³/mol. The van der Waals surface area contributed by atoms with E-state index in [-0.39, 0.29) is 6.42 Å². The molecule has 0 saturated carbocycles. The van der Waals surface area contributed by atoms with Crippen LogP contribution in [0.15, 0.2) is 0 Å². The first kappa shape index (κ1) is 18.3. The molecule has 124 valence electrons. The summed E-state index contributed by atoms with van der Waals surface area (Å²) in [4.78, 5) is 10.3. The zero-order valence-corrected chi connectivity index (χ0v) is 12.1. The highest BCUT2D eigenvalue weighted by atomic mass is 16.5. The zero-order chi connectivity index (χ0) is 15.8. The second kappa shape index (κ2) is 9.32. The van der Waals surface area contributed by atoms with E-state index in [1.54, 1.807) is 0 Å². The Labute approximate surface area is 124 Å². The Hall–Kier alpha value is -0.730. The molecule has 1 unspecified atom stereocenters. The van der Waals surface area contributed by atoms with Gasteiger partial charge in [0.2, 0.25) is 0 Å². The highest BCUT2D eigenvalue weighted by molar-refractivity contribution is 5.66. The average molecular weight is 306 g/mol. The van der Waals surface area contributed by atoms with Crippen molar-refractivity contribution < 1.29 is 35.1 Å². The SMILES string of the molecule is O=C(O)CCCCCCCC1O[C@H](CO)[C@@H](O)[C@H](O)[C@H]1O. The fourth-order valence-corrected chi connectivity index (χ4v) is 2.57. The number of unbranched alkanes of at least 4 members (excludes halogenated alkanes) is 4. The van der Waals surface area contributed by atoms with Gasteiger partial charge in [-0.15, -0.1) is 0 Å². The maximum atomic E-state index is 10.3. The molecule has 0 amide bonds. The molecule has 1 fully saturated rings. The molecule has 1 aliphatic heterocycles. The maximum Gasteiger partial charge on any atom is 0.303 e. The lowest BCUT2D eigenvalue weighted by atomic mass is 9.92. The van der Waals surface area contributed by atoms with Crippen LogP contribution < -0.4 is 0 Å². The van der Waals surface area contributed by atoms with E-state index in [2.05, 4.69) is 0 Å².